The van der Waals surface area contributed by atoms with Crippen LogP contribution in [0.4, 0.5) is 0 Å². The molecule has 20 heavy (non-hydrogen) atoms. The van der Waals surface area contributed by atoms with Crippen molar-refractivity contribution in [3.63, 3.8) is 0 Å². The summed E-state index contributed by atoms with van der Waals surface area (Å²) in [6, 6.07) is 0.103. The number of carbonyl (C=O) groups is 2. The van der Waals surface area contributed by atoms with Gasteiger partial charge >= 0.3 is 0 Å². The zero-order valence-corrected chi connectivity index (χ0v) is 13.4. The van der Waals surface area contributed by atoms with E-state index in [0.29, 0.717) is 0 Å². The summed E-state index contributed by atoms with van der Waals surface area (Å²) in [6.45, 7) is 10.6. The van der Waals surface area contributed by atoms with Crippen molar-refractivity contribution in [3.8, 4) is 0 Å². The number of Topliss-reactive ketones (excluding diaryl/α,β-unsaturated/α-hetero) is 2. The van der Waals surface area contributed by atoms with Gasteiger partial charge in [-0.15, -0.1) is 0 Å². The summed E-state index contributed by atoms with van der Waals surface area (Å²) >= 11 is 0. The van der Waals surface area contributed by atoms with Gasteiger partial charge in [-0.05, 0) is 13.8 Å². The average molecular weight is 290 g/mol. The number of hydrogen-bond acceptors (Lipinski definition) is 6. The standard InChI is InChI=1S/2C7H15NO2/c2*1-5(2)8-6(3)7(10)4-9/h2*5-6,8-9H,4H2,1-3H3/t6-;/m1./s1. The minimum Gasteiger partial charge on any atom is -0.389 e. The maximum Gasteiger partial charge on any atom is 0.174 e. The van der Waals surface area contributed by atoms with E-state index < -0.39 is 0 Å². The molecule has 0 fully saturated rings. The van der Waals surface area contributed by atoms with Crippen LogP contribution in [0.1, 0.15) is 41.5 Å². The average Bonchev–Trinajstić information content (AvgIpc) is 2.35. The molecule has 0 aliphatic heterocycles. The Kier molecular flexibility index (Phi) is 12.8. The predicted molar refractivity (Wildman–Crippen MR) is 79.7 cm³/mol. The second-order valence-electron chi connectivity index (χ2n) is 5.33. The van der Waals surface area contributed by atoms with Crippen LogP contribution in [0, 0.1) is 0 Å². The van der Waals surface area contributed by atoms with Crippen molar-refractivity contribution in [2.75, 3.05) is 13.2 Å². The Morgan fingerprint density at radius 2 is 1.00 bits per heavy atom. The Morgan fingerprint density at radius 3 is 1.15 bits per heavy atom. The van der Waals surface area contributed by atoms with Crippen LogP contribution in [-0.4, -0.2) is 59.2 Å². The topological polar surface area (TPSA) is 98.7 Å². The fourth-order valence-electron chi connectivity index (χ4n) is 1.46. The molecule has 0 rings (SSSR count). The lowest BCUT2D eigenvalue weighted by Gasteiger charge is -2.13. The molecule has 6 heteroatoms. The summed E-state index contributed by atoms with van der Waals surface area (Å²) in [5.74, 6) is -0.317. The maximum absolute atomic E-state index is 10.7. The molecule has 0 aliphatic rings. The zero-order chi connectivity index (χ0) is 16.3. The largest absolute Gasteiger partial charge is 0.389 e. The van der Waals surface area contributed by atoms with Crippen LogP contribution in [-0.2, 0) is 9.59 Å². The van der Waals surface area contributed by atoms with E-state index in [-0.39, 0.29) is 48.9 Å². The van der Waals surface area contributed by atoms with Crippen molar-refractivity contribution in [1.82, 2.24) is 10.6 Å². The molecule has 4 N–H and O–H groups in total. The third kappa shape index (κ3) is 12.2. The van der Waals surface area contributed by atoms with E-state index in [9.17, 15) is 9.59 Å². The molecule has 0 aromatic rings. The van der Waals surface area contributed by atoms with Gasteiger partial charge in [-0.25, -0.2) is 0 Å². The van der Waals surface area contributed by atoms with Crippen LogP contribution in [0.3, 0.4) is 0 Å². The Bertz CT molecular complexity index is 252. The number of hydrogen-bond donors (Lipinski definition) is 4. The Morgan fingerprint density at radius 1 is 0.750 bits per heavy atom. The van der Waals surface area contributed by atoms with Gasteiger partial charge in [0.05, 0.1) is 12.1 Å². The first-order valence-electron chi connectivity index (χ1n) is 6.94. The predicted octanol–water partition coefficient (Wildman–Crippen LogP) is -0.131. The molecule has 0 aromatic heterocycles. The SMILES string of the molecule is CC(C)NC(C)C(=O)CO.CC(C)N[C@H](C)C(=O)CO. The highest BCUT2D eigenvalue weighted by Crippen LogP contribution is 1.87. The number of aliphatic hydroxyl groups excluding tert-OH is 2. The van der Waals surface area contributed by atoms with E-state index in [4.69, 9.17) is 10.2 Å². The quantitative estimate of drug-likeness (QED) is 0.497. The fourth-order valence-corrected chi connectivity index (χ4v) is 1.46. The van der Waals surface area contributed by atoms with Gasteiger partial charge in [0.25, 0.3) is 0 Å². The van der Waals surface area contributed by atoms with Crippen molar-refractivity contribution in [3.05, 3.63) is 0 Å². The summed E-state index contributed by atoms with van der Waals surface area (Å²) in [6.07, 6.45) is 0. The van der Waals surface area contributed by atoms with Gasteiger partial charge in [-0.2, -0.15) is 0 Å². The van der Waals surface area contributed by atoms with E-state index in [0.717, 1.165) is 0 Å². The van der Waals surface area contributed by atoms with E-state index in [2.05, 4.69) is 10.6 Å². The molecule has 120 valence electrons. The van der Waals surface area contributed by atoms with E-state index >= 15 is 0 Å². The molecule has 0 saturated carbocycles. The highest BCUT2D eigenvalue weighted by molar-refractivity contribution is 5.84. The van der Waals surface area contributed by atoms with Crippen LogP contribution in [0.15, 0.2) is 0 Å². The van der Waals surface area contributed by atoms with Gasteiger partial charge in [0.2, 0.25) is 0 Å². The Hall–Kier alpha value is -0.820. The van der Waals surface area contributed by atoms with Crippen LogP contribution in [0.2, 0.25) is 0 Å². The highest BCUT2D eigenvalue weighted by atomic mass is 16.3. The Labute approximate surface area is 122 Å². The second kappa shape index (κ2) is 12.0. The van der Waals surface area contributed by atoms with Crippen LogP contribution >= 0.6 is 0 Å². The summed E-state index contributed by atoms with van der Waals surface area (Å²) in [4.78, 5) is 21.5. The molecule has 0 saturated heterocycles. The van der Waals surface area contributed by atoms with Crippen molar-refractivity contribution in [2.45, 2.75) is 65.7 Å². The lowest BCUT2D eigenvalue weighted by atomic mass is 10.2. The first kappa shape index (κ1) is 21.5. The lowest BCUT2D eigenvalue weighted by molar-refractivity contribution is -0.124. The van der Waals surface area contributed by atoms with E-state index in [1.807, 2.05) is 27.7 Å². The molecule has 0 spiro atoms. The summed E-state index contributed by atoms with van der Waals surface area (Å²) < 4.78 is 0. The van der Waals surface area contributed by atoms with Crippen LogP contribution in [0.5, 0.6) is 0 Å². The summed E-state index contributed by atoms with van der Waals surface area (Å²) in [5.41, 5.74) is 0. The molecule has 0 bridgehead atoms. The van der Waals surface area contributed by atoms with Gasteiger partial charge in [0.15, 0.2) is 11.6 Å². The zero-order valence-electron chi connectivity index (χ0n) is 13.4. The number of aliphatic hydroxyl groups is 2. The molecule has 1 unspecified atom stereocenters. The van der Waals surface area contributed by atoms with Crippen molar-refractivity contribution in [1.29, 1.82) is 0 Å². The first-order valence-corrected chi connectivity index (χ1v) is 6.94. The van der Waals surface area contributed by atoms with E-state index in [1.165, 1.54) is 0 Å². The van der Waals surface area contributed by atoms with Gasteiger partial charge in [0.1, 0.15) is 13.2 Å². The molecular weight excluding hydrogens is 260 g/mol. The molecular formula is C14H30N2O4. The number of nitrogens with one attached hydrogen (secondary N) is 2. The molecule has 0 heterocycles. The van der Waals surface area contributed by atoms with Gasteiger partial charge in [-0.3, -0.25) is 9.59 Å². The second-order valence-corrected chi connectivity index (χ2v) is 5.33. The van der Waals surface area contributed by atoms with Crippen LogP contribution < -0.4 is 10.6 Å². The maximum atomic E-state index is 10.7. The van der Waals surface area contributed by atoms with Crippen LogP contribution in [0.25, 0.3) is 0 Å². The van der Waals surface area contributed by atoms with Gasteiger partial charge in [-0.1, -0.05) is 27.7 Å². The monoisotopic (exact) mass is 290 g/mol. The molecule has 0 amide bonds. The smallest absolute Gasteiger partial charge is 0.174 e. The minimum absolute atomic E-state index is 0.159. The highest BCUT2D eigenvalue weighted by Gasteiger charge is 2.11. The molecule has 0 radical (unpaired) electrons. The number of rotatable bonds is 8. The van der Waals surface area contributed by atoms with Crippen molar-refractivity contribution >= 4 is 11.6 Å². The number of ketones is 2. The summed E-state index contributed by atoms with van der Waals surface area (Å²) in [7, 11) is 0. The van der Waals surface area contributed by atoms with E-state index in [1.54, 1.807) is 13.8 Å². The first-order chi connectivity index (χ1) is 9.15. The third-order valence-corrected chi connectivity index (χ3v) is 2.44. The molecule has 0 aliphatic carbocycles. The molecule has 6 nitrogen and oxygen atoms in total. The Balaban J connectivity index is 0. The molecule has 0 aromatic carbocycles. The molecule has 2 atom stereocenters. The van der Waals surface area contributed by atoms with Crippen molar-refractivity contribution < 1.29 is 19.8 Å². The third-order valence-electron chi connectivity index (χ3n) is 2.44. The lowest BCUT2D eigenvalue weighted by Crippen LogP contribution is -2.39. The minimum atomic E-state index is -0.374. The van der Waals surface area contributed by atoms with Crippen molar-refractivity contribution in [2.24, 2.45) is 0 Å². The van der Waals surface area contributed by atoms with Gasteiger partial charge in [0, 0.05) is 12.1 Å². The van der Waals surface area contributed by atoms with Gasteiger partial charge < -0.3 is 20.8 Å². The number of carbonyl (C=O) groups excluding carboxylic acids is 2. The normalized spacial score (nSPS) is 13.7. The summed E-state index contributed by atoms with van der Waals surface area (Å²) in [5, 5.41) is 22.8. The fraction of sp³-hybridized carbons (Fsp3) is 0.857.